The van der Waals surface area contributed by atoms with Crippen molar-refractivity contribution in [3.05, 3.63) is 429 Å². The Bertz CT molecular complexity index is 5390. The van der Waals surface area contributed by atoms with E-state index in [4.69, 9.17) is 61.1 Å². The van der Waals surface area contributed by atoms with Crippen molar-refractivity contribution in [1.29, 1.82) is 0 Å². The third-order valence-corrected chi connectivity index (χ3v) is 21.3. The van der Waals surface area contributed by atoms with Crippen LogP contribution in [0.25, 0.3) is 45.0 Å². The van der Waals surface area contributed by atoms with Gasteiger partial charge in [-0.25, -0.2) is 19.3 Å². The molecule has 0 saturated carbocycles. The van der Waals surface area contributed by atoms with Gasteiger partial charge in [0.1, 0.15) is 17.2 Å². The Balaban J connectivity index is 0.000000170. The van der Waals surface area contributed by atoms with Gasteiger partial charge in [0.25, 0.3) is 0 Å². The molecule has 560 valence electrons. The van der Waals surface area contributed by atoms with Gasteiger partial charge in [0.2, 0.25) is 0 Å². The number of aromatic nitrogens is 12. The van der Waals surface area contributed by atoms with E-state index >= 15 is 0 Å². The van der Waals surface area contributed by atoms with E-state index in [1.807, 2.05) is 74.7 Å². The number of aliphatic hydroxyl groups is 1. The van der Waals surface area contributed by atoms with Crippen LogP contribution in [0.15, 0.2) is 353 Å². The summed E-state index contributed by atoms with van der Waals surface area (Å²) in [5, 5.41) is 40.1. The fourth-order valence-electron chi connectivity index (χ4n) is 14.0. The topological polar surface area (TPSA) is 162 Å². The zero-order valence-electron chi connectivity index (χ0n) is 62.8. The summed E-state index contributed by atoms with van der Waals surface area (Å²) >= 11 is 28.1. The van der Waals surface area contributed by atoms with Gasteiger partial charge in [-0.15, -0.1) is 10.2 Å². The zero-order valence-corrected chi connectivity index (χ0v) is 68.4. The van der Waals surface area contributed by atoms with Crippen LogP contribution in [0.4, 0.5) is 0 Å². The van der Waals surface area contributed by atoms with E-state index in [1.165, 1.54) is 18.4 Å². The van der Waals surface area contributed by atoms with Gasteiger partial charge in [-0.05, 0) is 137 Å². The van der Waals surface area contributed by atoms with E-state index in [0.29, 0.717) is 57.0 Å². The first-order valence-corrected chi connectivity index (χ1v) is 39.2. The third kappa shape index (κ3) is 19.2. The van der Waals surface area contributed by atoms with Crippen molar-refractivity contribution in [3.63, 3.8) is 0 Å². The van der Waals surface area contributed by atoms with Crippen molar-refractivity contribution in [1.82, 2.24) is 59.5 Å². The summed E-state index contributed by atoms with van der Waals surface area (Å²) in [4.78, 5) is 8.09. The van der Waals surface area contributed by atoms with Crippen molar-refractivity contribution < 1.29 is 45.6 Å². The first-order valence-electron chi connectivity index (χ1n) is 36.6. The maximum Gasteiger partial charge on any atom is 1.00 e. The number of tetrazole rings is 2. The smallest absolute Gasteiger partial charge is 1.00 e. The summed E-state index contributed by atoms with van der Waals surface area (Å²) in [7, 11) is 0. The Morgan fingerprint density at radius 1 is 0.416 bits per heavy atom. The number of hydrogen-bond donors (Lipinski definition) is 1. The maximum absolute atomic E-state index is 9.99. The molecule has 15 nitrogen and oxygen atoms in total. The minimum absolute atomic E-state index is 0. The minimum Gasteiger partial charge on any atom is -1.00 e. The molecule has 2 atom stereocenters. The molecule has 0 amide bonds. The molecule has 16 aromatic rings. The summed E-state index contributed by atoms with van der Waals surface area (Å²) in [6, 6.07) is 107. The molecule has 1 N–H and O–H groups in total. The normalized spacial score (nSPS) is 12.4. The van der Waals surface area contributed by atoms with Crippen molar-refractivity contribution >= 4 is 62.3 Å². The van der Waals surface area contributed by atoms with Crippen molar-refractivity contribution in [2.75, 3.05) is 13.2 Å². The molecule has 0 radical (unpaired) electrons. The predicted octanol–water partition coefficient (Wildman–Crippen LogP) is 18.9. The summed E-state index contributed by atoms with van der Waals surface area (Å²) in [6.07, 6.45) is 12.1. The number of nitrogens with zero attached hydrogens (tertiary/aromatic N) is 12. The molecule has 1 fully saturated rings. The fourth-order valence-corrected chi connectivity index (χ4v) is 15.5. The number of rotatable bonds is 22. The van der Waals surface area contributed by atoms with Crippen LogP contribution in [0.1, 0.15) is 82.1 Å². The van der Waals surface area contributed by atoms with E-state index in [1.54, 1.807) is 60.1 Å². The first kappa shape index (κ1) is 80.8. The van der Waals surface area contributed by atoms with Gasteiger partial charge >= 0.3 is 29.6 Å². The summed E-state index contributed by atoms with van der Waals surface area (Å²) in [5.74, 6) is 1.35. The molecule has 5 heterocycles. The van der Waals surface area contributed by atoms with Gasteiger partial charge in [-0.2, -0.15) is 0 Å². The van der Waals surface area contributed by atoms with E-state index in [0.717, 1.165) is 96.4 Å². The Labute approximate surface area is 709 Å². The van der Waals surface area contributed by atoms with Gasteiger partial charge in [0, 0.05) is 85.7 Å². The molecule has 21 heteroatoms. The Morgan fingerprint density at radius 3 is 1.14 bits per heavy atom. The van der Waals surface area contributed by atoms with E-state index < -0.39 is 17.2 Å². The van der Waals surface area contributed by atoms with Crippen molar-refractivity contribution in [3.8, 4) is 45.0 Å². The van der Waals surface area contributed by atoms with Gasteiger partial charge in [-0.1, -0.05) is 341 Å². The fraction of sp³-hybridized carbons (Fsp3) is 0.130. The molecule has 0 aliphatic carbocycles. The van der Waals surface area contributed by atoms with Crippen LogP contribution >= 0.6 is 62.3 Å². The SMILES string of the molecule is BrCc1ccc(-c2cccc(-c3nnnn3C(c3ccccc3)(c3ccccc3)c3ccccc3)c2)cc1.C1CCOC1.Clc1ccc(C(Cn2ccnc2)OCc2ccc(-c3cccc(-c4nnnn4C(c4ccccc4)(c4ccccc4)c4ccccc4)c3)cc2)c(Cl)c1.OC(Cn1ccnc1)c1ccc(Cl)cc1Cl.[H-].[Na+]. The molecule has 1 saturated heterocycles. The zero-order chi connectivity index (χ0) is 76.9. The molecule has 0 bridgehead atoms. The summed E-state index contributed by atoms with van der Waals surface area (Å²) in [6.45, 7) is 3.38. The van der Waals surface area contributed by atoms with Crippen LogP contribution in [0.3, 0.4) is 0 Å². The van der Waals surface area contributed by atoms with Crippen LogP contribution in [0.5, 0.6) is 0 Å². The largest absolute Gasteiger partial charge is 1.00 e. The van der Waals surface area contributed by atoms with Crippen molar-refractivity contribution in [2.24, 2.45) is 0 Å². The summed E-state index contributed by atoms with van der Waals surface area (Å²) < 4.78 is 19.1. The van der Waals surface area contributed by atoms with Crippen LogP contribution in [-0.4, -0.2) is 77.8 Å². The third-order valence-electron chi connectivity index (χ3n) is 19.5. The molecular weight excluding hydrogens is 1570 g/mol. The van der Waals surface area contributed by atoms with E-state index in [-0.39, 0.29) is 37.1 Å². The van der Waals surface area contributed by atoms with Gasteiger partial charge in [-0.3, -0.25) is 0 Å². The second kappa shape index (κ2) is 39.5. The molecular formula is C92H78BrCl4N12NaO3. The average molecular weight is 1640 g/mol. The maximum atomic E-state index is 9.99. The van der Waals surface area contributed by atoms with E-state index in [9.17, 15) is 5.11 Å². The van der Waals surface area contributed by atoms with Gasteiger partial charge in [0.15, 0.2) is 11.6 Å². The van der Waals surface area contributed by atoms with Crippen LogP contribution in [-0.2, 0) is 45.6 Å². The van der Waals surface area contributed by atoms with Crippen molar-refractivity contribution in [2.45, 2.75) is 61.2 Å². The molecule has 1 aliphatic rings. The number of aliphatic hydroxyl groups excluding tert-OH is 1. The number of imidazole rings is 2. The molecule has 0 spiro atoms. The minimum atomic E-state index is -0.841. The Morgan fingerprint density at radius 2 is 0.788 bits per heavy atom. The number of hydrogen-bond acceptors (Lipinski definition) is 11. The quantitative estimate of drug-likeness (QED) is 0.0390. The standard InChI is InChI=1S/C44H34Cl2N6O.C33H25BrN4.C11H10Cl2N2O.C4H8O.Na.H/c45-39-23-24-40(41(46)28-39)42(29-51-26-25-47-31-51)53-30-32-19-21-33(22-20-32)34-11-10-12-35(27-34)43-48-49-50-52(43)44(36-13-4-1-5-14-36,37-15-6-2-7-16-37)38-17-8-3-9-18-38;34-24-25-19-21-26(22-20-25)27-11-10-12-28(23-27)32-35-36-37-38(32)33(29-13-4-1-5-14-29,30-15-6-2-7-16-30)31-17-8-3-9-18-31;12-8-1-2-9(10(13)5-8)11(16)6-15-4-3-14-7-15;1-2-4-5-3-1;;/h1-28,31,42H,29-30H2;1-23H,24H2;1-5,7,11,16H,6H2;1-4H2;;/q;;;;+1;-1. The molecule has 1 aliphatic heterocycles. The predicted molar refractivity (Wildman–Crippen MR) is 450 cm³/mol. The molecule has 113 heavy (non-hydrogen) atoms. The van der Waals surface area contributed by atoms with Gasteiger partial charge < -0.3 is 25.1 Å². The van der Waals surface area contributed by atoms with Crippen LogP contribution in [0, 0.1) is 0 Å². The monoisotopic (exact) mass is 1640 g/mol. The first-order chi connectivity index (χ1) is 55.1. The molecule has 17 rings (SSSR count). The summed E-state index contributed by atoms with van der Waals surface area (Å²) in [5.41, 5.74) is 14.8. The second-order valence-corrected chi connectivity index (χ2v) is 28.9. The molecule has 12 aromatic carbocycles. The van der Waals surface area contributed by atoms with E-state index in [2.05, 4.69) is 288 Å². The Hall–Kier alpha value is -10.3. The average Bonchev–Trinajstić information content (AvgIpc) is 1.49. The number of alkyl halides is 1. The number of benzene rings is 12. The van der Waals surface area contributed by atoms with Crippen LogP contribution in [0.2, 0.25) is 20.1 Å². The number of ether oxygens (including phenoxy) is 2. The second-order valence-electron chi connectivity index (χ2n) is 26.6. The van der Waals surface area contributed by atoms with Gasteiger partial charge in [0.05, 0.1) is 38.5 Å². The molecule has 4 aromatic heterocycles. The Kier molecular flexibility index (Phi) is 28.2. The van der Waals surface area contributed by atoms with Crippen LogP contribution < -0.4 is 29.6 Å². The molecule has 2 unspecified atom stereocenters. The number of halogens is 5.